The van der Waals surface area contributed by atoms with Crippen LogP contribution in [0.15, 0.2) is 24.3 Å². The van der Waals surface area contributed by atoms with Crippen LogP contribution < -0.4 is 4.90 Å². The number of alkyl halides is 1. The molecule has 1 atom stereocenters. The maximum atomic E-state index is 12.4. The molecule has 1 aliphatic rings. The zero-order valence-electron chi connectivity index (χ0n) is 8.90. The molecule has 1 aromatic rings. The van der Waals surface area contributed by atoms with Crippen molar-refractivity contribution in [3.63, 3.8) is 0 Å². The van der Waals surface area contributed by atoms with Crippen molar-refractivity contribution >= 4 is 11.7 Å². The Hall–Kier alpha value is -1.58. The molecule has 1 N–H and O–H groups in total. The van der Waals surface area contributed by atoms with Gasteiger partial charge >= 0.3 is 5.97 Å². The van der Waals surface area contributed by atoms with Gasteiger partial charge in [-0.25, -0.2) is 4.39 Å². The maximum absolute atomic E-state index is 12.4. The highest BCUT2D eigenvalue weighted by atomic mass is 19.1. The van der Waals surface area contributed by atoms with Gasteiger partial charge in [0.25, 0.3) is 0 Å². The summed E-state index contributed by atoms with van der Waals surface area (Å²) in [6.07, 6.45) is 0.111. The molecule has 0 radical (unpaired) electrons. The molecule has 0 bridgehead atoms. The van der Waals surface area contributed by atoms with Gasteiger partial charge in [-0.1, -0.05) is 18.2 Å². The molecule has 1 unspecified atom stereocenters. The minimum Gasteiger partial charge on any atom is -0.481 e. The van der Waals surface area contributed by atoms with Crippen LogP contribution in [-0.2, 0) is 4.79 Å². The van der Waals surface area contributed by atoms with Gasteiger partial charge in [-0.05, 0) is 11.6 Å². The molecule has 0 saturated heterocycles. The van der Waals surface area contributed by atoms with Gasteiger partial charge in [0, 0.05) is 24.7 Å². The Bertz CT molecular complexity index is 394. The molecule has 16 heavy (non-hydrogen) atoms. The van der Waals surface area contributed by atoms with Crippen LogP contribution in [0.1, 0.15) is 17.9 Å². The fourth-order valence-corrected chi connectivity index (χ4v) is 2.28. The van der Waals surface area contributed by atoms with Gasteiger partial charge in [0.2, 0.25) is 0 Å². The summed E-state index contributed by atoms with van der Waals surface area (Å²) in [5.74, 6) is -0.817. The molecule has 4 heteroatoms. The van der Waals surface area contributed by atoms with Gasteiger partial charge < -0.3 is 10.0 Å². The third-order valence-corrected chi connectivity index (χ3v) is 2.93. The molecule has 86 valence electrons. The molecule has 0 fully saturated rings. The molecule has 0 saturated carbocycles. The molecule has 2 rings (SSSR count). The van der Waals surface area contributed by atoms with Crippen LogP contribution >= 0.6 is 0 Å². The van der Waals surface area contributed by atoms with E-state index < -0.39 is 12.6 Å². The summed E-state index contributed by atoms with van der Waals surface area (Å²) >= 11 is 0. The Morgan fingerprint density at radius 3 is 2.94 bits per heavy atom. The van der Waals surface area contributed by atoms with Gasteiger partial charge in [0.05, 0.1) is 6.42 Å². The molecule has 0 amide bonds. The first-order valence-electron chi connectivity index (χ1n) is 5.34. The summed E-state index contributed by atoms with van der Waals surface area (Å²) in [5.41, 5.74) is 2.00. The number of hydrogen-bond acceptors (Lipinski definition) is 2. The van der Waals surface area contributed by atoms with E-state index in [4.69, 9.17) is 5.11 Å². The summed E-state index contributed by atoms with van der Waals surface area (Å²) in [7, 11) is 0. The molecule has 1 heterocycles. The van der Waals surface area contributed by atoms with Gasteiger partial charge in [0.15, 0.2) is 0 Å². The lowest BCUT2D eigenvalue weighted by Crippen LogP contribution is -2.24. The number of nitrogens with zero attached hydrogens (tertiary/aromatic N) is 1. The lowest BCUT2D eigenvalue weighted by Gasteiger charge is -2.17. The van der Waals surface area contributed by atoms with Gasteiger partial charge in [-0.3, -0.25) is 4.79 Å². The maximum Gasteiger partial charge on any atom is 0.304 e. The van der Waals surface area contributed by atoms with Crippen LogP contribution in [0, 0.1) is 0 Å². The summed E-state index contributed by atoms with van der Waals surface area (Å²) < 4.78 is 12.4. The van der Waals surface area contributed by atoms with E-state index in [0.29, 0.717) is 13.1 Å². The fraction of sp³-hybridized carbons (Fsp3) is 0.417. The van der Waals surface area contributed by atoms with Gasteiger partial charge in [-0.2, -0.15) is 0 Å². The third-order valence-electron chi connectivity index (χ3n) is 2.93. The number of fused-ring (bicyclic) bond motifs is 1. The zero-order chi connectivity index (χ0) is 11.5. The molecular weight excluding hydrogens is 209 g/mol. The van der Waals surface area contributed by atoms with Crippen LogP contribution in [0.5, 0.6) is 0 Å². The van der Waals surface area contributed by atoms with Crippen LogP contribution in [0.4, 0.5) is 10.1 Å². The lowest BCUT2D eigenvalue weighted by molar-refractivity contribution is -0.137. The Kier molecular flexibility index (Phi) is 3.08. The number of aliphatic carboxylic acids is 1. The van der Waals surface area contributed by atoms with Crippen molar-refractivity contribution in [2.45, 2.75) is 12.3 Å². The van der Waals surface area contributed by atoms with Crippen molar-refractivity contribution < 1.29 is 14.3 Å². The van der Waals surface area contributed by atoms with E-state index in [9.17, 15) is 9.18 Å². The van der Waals surface area contributed by atoms with Crippen molar-refractivity contribution in [1.29, 1.82) is 0 Å². The molecule has 1 aromatic carbocycles. The summed E-state index contributed by atoms with van der Waals surface area (Å²) in [6, 6.07) is 7.65. The quantitative estimate of drug-likeness (QED) is 0.849. The Balaban J connectivity index is 2.24. The average molecular weight is 223 g/mol. The Morgan fingerprint density at radius 1 is 1.50 bits per heavy atom. The van der Waals surface area contributed by atoms with E-state index in [0.717, 1.165) is 11.3 Å². The number of hydrogen-bond donors (Lipinski definition) is 1. The second-order valence-electron chi connectivity index (χ2n) is 3.99. The molecule has 1 aliphatic heterocycles. The van der Waals surface area contributed by atoms with Crippen molar-refractivity contribution in [2.24, 2.45) is 0 Å². The summed E-state index contributed by atoms with van der Waals surface area (Å²) in [5, 5.41) is 8.82. The van der Waals surface area contributed by atoms with Crippen LogP contribution in [0.2, 0.25) is 0 Å². The fourth-order valence-electron chi connectivity index (χ4n) is 2.28. The number of carbonyl (C=O) groups is 1. The van der Waals surface area contributed by atoms with E-state index >= 15 is 0 Å². The molecular formula is C12H14FNO2. The standard InChI is InChI=1S/C12H14FNO2/c13-5-6-14-8-9(7-12(15)16)10-3-1-2-4-11(10)14/h1-4,9H,5-8H2,(H,15,16). The number of halogens is 1. The minimum absolute atomic E-state index is 0.0137. The number of carboxylic acids is 1. The lowest BCUT2D eigenvalue weighted by atomic mass is 9.98. The first-order chi connectivity index (χ1) is 7.72. The molecule has 0 aromatic heterocycles. The minimum atomic E-state index is -0.804. The summed E-state index contributed by atoms with van der Waals surface area (Å²) in [6.45, 7) is 0.539. The van der Waals surface area contributed by atoms with Crippen molar-refractivity contribution in [1.82, 2.24) is 0 Å². The SMILES string of the molecule is O=C(O)CC1CN(CCF)c2ccccc21. The Morgan fingerprint density at radius 2 is 2.25 bits per heavy atom. The largest absolute Gasteiger partial charge is 0.481 e. The second-order valence-corrected chi connectivity index (χ2v) is 3.99. The predicted molar refractivity (Wildman–Crippen MR) is 59.6 cm³/mol. The number of benzene rings is 1. The van der Waals surface area contributed by atoms with E-state index in [1.807, 2.05) is 29.2 Å². The third kappa shape index (κ3) is 2.01. The average Bonchev–Trinajstić information content (AvgIpc) is 2.58. The predicted octanol–water partition coefficient (Wildman–Crippen LogP) is 2.03. The highest BCUT2D eigenvalue weighted by Crippen LogP contribution is 2.37. The molecule has 0 spiro atoms. The topological polar surface area (TPSA) is 40.5 Å². The number of rotatable bonds is 4. The van der Waals surface area contributed by atoms with Gasteiger partial charge in [0.1, 0.15) is 6.67 Å². The first-order valence-corrected chi connectivity index (χ1v) is 5.34. The van der Waals surface area contributed by atoms with Gasteiger partial charge in [-0.15, -0.1) is 0 Å². The van der Waals surface area contributed by atoms with E-state index in [1.165, 1.54) is 0 Å². The smallest absolute Gasteiger partial charge is 0.304 e. The highest BCUT2D eigenvalue weighted by Gasteiger charge is 2.29. The molecule has 0 aliphatic carbocycles. The van der Waals surface area contributed by atoms with E-state index in [-0.39, 0.29) is 12.3 Å². The molecule has 3 nitrogen and oxygen atoms in total. The normalized spacial score (nSPS) is 18.6. The van der Waals surface area contributed by atoms with Crippen molar-refractivity contribution in [3.05, 3.63) is 29.8 Å². The van der Waals surface area contributed by atoms with Crippen LogP contribution in [0.25, 0.3) is 0 Å². The number of carboxylic acid groups (broad SMARTS) is 1. The number of para-hydroxylation sites is 1. The van der Waals surface area contributed by atoms with E-state index in [2.05, 4.69) is 0 Å². The van der Waals surface area contributed by atoms with Crippen molar-refractivity contribution in [3.8, 4) is 0 Å². The second kappa shape index (κ2) is 4.51. The zero-order valence-corrected chi connectivity index (χ0v) is 8.90. The summed E-state index contributed by atoms with van der Waals surface area (Å²) in [4.78, 5) is 12.7. The monoisotopic (exact) mass is 223 g/mol. The van der Waals surface area contributed by atoms with Crippen molar-refractivity contribution in [2.75, 3.05) is 24.7 Å². The van der Waals surface area contributed by atoms with Crippen LogP contribution in [0.3, 0.4) is 0 Å². The van der Waals surface area contributed by atoms with E-state index in [1.54, 1.807) is 0 Å². The highest BCUT2D eigenvalue weighted by molar-refractivity contribution is 5.71. The Labute approximate surface area is 93.5 Å². The number of anilines is 1. The first kappa shape index (κ1) is 10.9. The van der Waals surface area contributed by atoms with Crippen LogP contribution in [-0.4, -0.2) is 30.8 Å².